The van der Waals surface area contributed by atoms with E-state index in [4.69, 9.17) is 0 Å². The lowest BCUT2D eigenvalue weighted by Gasteiger charge is -2.06. The van der Waals surface area contributed by atoms with Crippen molar-refractivity contribution in [1.82, 2.24) is 5.32 Å². The van der Waals surface area contributed by atoms with Crippen LogP contribution >= 0.6 is 0 Å². The second-order valence-corrected chi connectivity index (χ2v) is 3.95. The van der Waals surface area contributed by atoms with Crippen LogP contribution in [-0.2, 0) is 28.7 Å². The van der Waals surface area contributed by atoms with E-state index in [0.29, 0.717) is 5.57 Å². The Morgan fingerprint density at radius 3 is 2.00 bits per heavy atom. The molecule has 0 fully saturated rings. The normalized spacial score (nSPS) is 9.30. The minimum absolute atomic E-state index is 0.0548. The highest BCUT2D eigenvalue weighted by atomic mass is 16.6. The highest BCUT2D eigenvalue weighted by Crippen LogP contribution is 1.96. The molecule has 0 atom stereocenters. The van der Waals surface area contributed by atoms with Crippen molar-refractivity contribution in [2.45, 2.75) is 20.3 Å². The van der Waals surface area contributed by atoms with Crippen LogP contribution in [-0.4, -0.2) is 37.0 Å². The number of allylic oxidation sites excluding steroid dienone is 1. The van der Waals surface area contributed by atoms with Gasteiger partial charge in [0.2, 0.25) is 5.91 Å². The Hall–Kier alpha value is -2.44. The first-order chi connectivity index (χ1) is 9.25. The third-order valence-electron chi connectivity index (χ3n) is 2.03. The first-order valence-corrected chi connectivity index (χ1v) is 5.72. The monoisotopic (exact) mass is 283 g/mol. The Balaban J connectivity index is 3.91. The SMILES string of the molecule is C=C(C)C(=O)CCOC(=O)C(=O)OCNC(=O)C(=C)C. The van der Waals surface area contributed by atoms with Crippen LogP contribution in [0.15, 0.2) is 24.3 Å². The fourth-order valence-corrected chi connectivity index (χ4v) is 0.886. The summed E-state index contributed by atoms with van der Waals surface area (Å²) in [6.45, 7) is 9.11. The number of hydrogen-bond acceptors (Lipinski definition) is 6. The van der Waals surface area contributed by atoms with Crippen molar-refractivity contribution in [3.05, 3.63) is 24.3 Å². The summed E-state index contributed by atoms with van der Waals surface area (Å²) >= 11 is 0. The van der Waals surface area contributed by atoms with Gasteiger partial charge in [0, 0.05) is 12.0 Å². The number of ketones is 1. The lowest BCUT2D eigenvalue weighted by molar-refractivity contribution is -0.168. The van der Waals surface area contributed by atoms with Gasteiger partial charge in [-0.2, -0.15) is 0 Å². The first kappa shape index (κ1) is 17.6. The van der Waals surface area contributed by atoms with Gasteiger partial charge in [0.1, 0.15) is 0 Å². The number of amides is 1. The van der Waals surface area contributed by atoms with Gasteiger partial charge in [0.05, 0.1) is 6.61 Å². The summed E-state index contributed by atoms with van der Waals surface area (Å²) in [6, 6.07) is 0. The van der Waals surface area contributed by atoms with E-state index in [9.17, 15) is 19.2 Å². The van der Waals surface area contributed by atoms with Crippen LogP contribution in [0.5, 0.6) is 0 Å². The number of carbonyl (C=O) groups excluding carboxylic acids is 4. The maximum atomic E-state index is 11.1. The highest BCUT2D eigenvalue weighted by Gasteiger charge is 2.18. The van der Waals surface area contributed by atoms with Crippen LogP contribution in [0.1, 0.15) is 20.3 Å². The van der Waals surface area contributed by atoms with Crippen LogP contribution in [0.25, 0.3) is 0 Å². The molecule has 0 aromatic rings. The smallest absolute Gasteiger partial charge is 0.419 e. The molecule has 110 valence electrons. The Kier molecular flexibility index (Phi) is 7.57. The summed E-state index contributed by atoms with van der Waals surface area (Å²) < 4.78 is 8.96. The van der Waals surface area contributed by atoms with Crippen molar-refractivity contribution in [3.8, 4) is 0 Å². The van der Waals surface area contributed by atoms with Gasteiger partial charge in [-0.1, -0.05) is 13.2 Å². The van der Waals surface area contributed by atoms with Gasteiger partial charge >= 0.3 is 11.9 Å². The molecule has 1 amide bonds. The molecule has 0 spiro atoms. The molecule has 0 saturated heterocycles. The van der Waals surface area contributed by atoms with Gasteiger partial charge in [-0.3, -0.25) is 9.59 Å². The molecule has 0 heterocycles. The third-order valence-corrected chi connectivity index (χ3v) is 2.03. The molecule has 0 aliphatic heterocycles. The van der Waals surface area contributed by atoms with Crippen molar-refractivity contribution >= 4 is 23.6 Å². The molecule has 1 N–H and O–H groups in total. The average Bonchev–Trinajstić information content (AvgIpc) is 2.37. The van der Waals surface area contributed by atoms with E-state index >= 15 is 0 Å². The first-order valence-electron chi connectivity index (χ1n) is 5.72. The molecule has 0 radical (unpaired) electrons. The van der Waals surface area contributed by atoms with E-state index in [1.807, 2.05) is 0 Å². The van der Waals surface area contributed by atoms with E-state index in [0.717, 1.165) is 0 Å². The third kappa shape index (κ3) is 7.10. The summed E-state index contributed by atoms with van der Waals surface area (Å²) in [4.78, 5) is 44.5. The Morgan fingerprint density at radius 1 is 0.950 bits per heavy atom. The van der Waals surface area contributed by atoms with Crippen molar-refractivity contribution in [2.75, 3.05) is 13.3 Å². The van der Waals surface area contributed by atoms with Crippen LogP contribution < -0.4 is 5.32 Å². The number of Topliss-reactive ketones (excluding diaryl/α,β-unsaturated/α-hetero) is 1. The lowest BCUT2D eigenvalue weighted by Crippen LogP contribution is -2.31. The van der Waals surface area contributed by atoms with E-state index in [2.05, 4.69) is 27.9 Å². The highest BCUT2D eigenvalue weighted by molar-refractivity contribution is 6.29. The summed E-state index contributed by atoms with van der Waals surface area (Å²) in [7, 11) is 0. The Morgan fingerprint density at radius 2 is 1.50 bits per heavy atom. The van der Waals surface area contributed by atoms with E-state index < -0.39 is 24.6 Å². The van der Waals surface area contributed by atoms with Gasteiger partial charge in [0.25, 0.3) is 0 Å². The van der Waals surface area contributed by atoms with Crippen molar-refractivity contribution in [2.24, 2.45) is 0 Å². The molecule has 7 heteroatoms. The van der Waals surface area contributed by atoms with Crippen LogP contribution in [0.2, 0.25) is 0 Å². The second-order valence-electron chi connectivity index (χ2n) is 3.95. The van der Waals surface area contributed by atoms with Crippen LogP contribution in [0.4, 0.5) is 0 Å². The molecular weight excluding hydrogens is 266 g/mol. The number of esters is 2. The molecule has 0 bridgehead atoms. The zero-order valence-corrected chi connectivity index (χ0v) is 11.5. The van der Waals surface area contributed by atoms with Crippen LogP contribution in [0.3, 0.4) is 0 Å². The predicted octanol–water partition coefficient (Wildman–Crippen LogP) is 0.258. The van der Waals surface area contributed by atoms with Gasteiger partial charge in [-0.05, 0) is 19.4 Å². The molecule has 0 aromatic carbocycles. The number of ether oxygens (including phenoxy) is 2. The molecule has 0 saturated carbocycles. The quantitative estimate of drug-likeness (QED) is 0.311. The molecular formula is C13H17NO6. The number of nitrogens with one attached hydrogen (secondary N) is 1. The fraction of sp³-hybridized carbons (Fsp3) is 0.385. The summed E-state index contributed by atoms with van der Waals surface area (Å²) in [5.74, 6) is -3.25. The summed E-state index contributed by atoms with van der Waals surface area (Å²) in [5.41, 5.74) is 0.577. The van der Waals surface area contributed by atoms with Gasteiger partial charge in [0.15, 0.2) is 12.5 Å². The zero-order valence-electron chi connectivity index (χ0n) is 11.5. The molecule has 20 heavy (non-hydrogen) atoms. The standard InChI is InChI=1S/C13H17NO6/c1-8(2)10(15)5-6-19-12(17)13(18)20-7-14-11(16)9(3)4/h1,3,5-7H2,2,4H3,(H,14,16). The van der Waals surface area contributed by atoms with E-state index in [1.165, 1.54) is 13.8 Å². The van der Waals surface area contributed by atoms with E-state index in [-0.39, 0.29) is 24.4 Å². The van der Waals surface area contributed by atoms with Gasteiger partial charge in [-0.15, -0.1) is 0 Å². The van der Waals surface area contributed by atoms with E-state index in [1.54, 1.807) is 0 Å². The molecule has 7 nitrogen and oxygen atoms in total. The van der Waals surface area contributed by atoms with Gasteiger partial charge < -0.3 is 14.8 Å². The molecule has 0 aliphatic carbocycles. The molecule has 0 rings (SSSR count). The van der Waals surface area contributed by atoms with Gasteiger partial charge in [-0.25, -0.2) is 9.59 Å². The Bertz CT molecular complexity index is 410. The maximum Gasteiger partial charge on any atom is 0.419 e. The molecule has 0 aromatic heterocycles. The van der Waals surface area contributed by atoms with Crippen molar-refractivity contribution < 1.29 is 28.7 Å². The largest absolute Gasteiger partial charge is 0.457 e. The Labute approximate surface area is 116 Å². The predicted molar refractivity (Wildman–Crippen MR) is 69.3 cm³/mol. The zero-order chi connectivity index (χ0) is 15.7. The average molecular weight is 283 g/mol. The summed E-state index contributed by atoms with van der Waals surface area (Å²) in [6.07, 6.45) is -0.0548. The molecule has 0 aliphatic rings. The minimum atomic E-state index is -1.25. The number of rotatable bonds is 7. The topological polar surface area (TPSA) is 98.8 Å². The number of carbonyl (C=O) groups is 4. The fourth-order valence-electron chi connectivity index (χ4n) is 0.886. The minimum Gasteiger partial charge on any atom is -0.457 e. The lowest BCUT2D eigenvalue weighted by atomic mass is 10.2. The summed E-state index contributed by atoms with van der Waals surface area (Å²) in [5, 5.41) is 2.20. The van der Waals surface area contributed by atoms with Crippen LogP contribution in [0, 0.1) is 0 Å². The second kappa shape index (κ2) is 8.63. The maximum absolute atomic E-state index is 11.1. The van der Waals surface area contributed by atoms with Crippen molar-refractivity contribution in [3.63, 3.8) is 0 Å². The van der Waals surface area contributed by atoms with Crippen molar-refractivity contribution in [1.29, 1.82) is 0 Å². The number of hydrogen-bond donors (Lipinski definition) is 1. The molecule has 0 unspecified atom stereocenters.